The van der Waals surface area contributed by atoms with Crippen LogP contribution in [-0.4, -0.2) is 14.7 Å². The minimum Gasteiger partial charge on any atom is -0.265 e. The summed E-state index contributed by atoms with van der Waals surface area (Å²) in [6, 6.07) is 18.0. The van der Waals surface area contributed by atoms with Gasteiger partial charge < -0.3 is 0 Å². The second-order valence-corrected chi connectivity index (χ2v) is 7.50. The van der Waals surface area contributed by atoms with Crippen LogP contribution in [0.3, 0.4) is 0 Å². The fourth-order valence-electron chi connectivity index (χ4n) is 2.17. The molecule has 0 bridgehead atoms. The summed E-state index contributed by atoms with van der Waals surface area (Å²) >= 11 is 1.69. The van der Waals surface area contributed by atoms with Gasteiger partial charge in [0.15, 0.2) is 0 Å². The molecule has 0 saturated carbocycles. The highest BCUT2D eigenvalue weighted by Crippen LogP contribution is 2.35. The molecule has 0 aliphatic heterocycles. The smallest absolute Gasteiger partial charge is 0.264 e. The third-order valence-corrected chi connectivity index (χ3v) is 4.83. The highest BCUT2D eigenvalue weighted by atomic mass is 32.2. The molecule has 3 nitrogen and oxygen atoms in total. The van der Waals surface area contributed by atoms with Gasteiger partial charge in [-0.25, -0.2) is 0 Å². The van der Waals surface area contributed by atoms with E-state index in [9.17, 15) is 8.42 Å². The lowest BCUT2D eigenvalue weighted by molar-refractivity contribution is 0.312. The van der Waals surface area contributed by atoms with E-state index >= 15 is 0 Å². The number of fused-ring (bicyclic) bond motifs is 1. The maximum Gasteiger partial charge on any atom is 0.264 e. The molecular formula is C16H14O3S2. The largest absolute Gasteiger partial charge is 0.265 e. The molecule has 2 aromatic carbocycles. The van der Waals surface area contributed by atoms with Gasteiger partial charge in [-0.2, -0.15) is 8.42 Å². The van der Waals surface area contributed by atoms with Gasteiger partial charge in [0, 0.05) is 9.58 Å². The van der Waals surface area contributed by atoms with Crippen LogP contribution in [0.5, 0.6) is 0 Å². The first-order valence-corrected chi connectivity index (χ1v) is 9.07. The Morgan fingerprint density at radius 1 is 1.05 bits per heavy atom. The fraction of sp³-hybridized carbons (Fsp3) is 0.125. The van der Waals surface area contributed by atoms with Crippen molar-refractivity contribution in [3.63, 3.8) is 0 Å². The molecule has 0 N–H and O–H groups in total. The highest BCUT2D eigenvalue weighted by Gasteiger charge is 2.10. The van der Waals surface area contributed by atoms with Gasteiger partial charge >= 0.3 is 0 Å². The lowest BCUT2D eigenvalue weighted by Crippen LogP contribution is -2.03. The van der Waals surface area contributed by atoms with Crippen LogP contribution >= 0.6 is 11.3 Å². The zero-order valence-electron chi connectivity index (χ0n) is 11.4. The molecule has 5 heteroatoms. The summed E-state index contributed by atoms with van der Waals surface area (Å²) in [5, 5.41) is 1.19. The second kappa shape index (κ2) is 5.60. The number of hydrogen-bond donors (Lipinski definition) is 0. The number of benzene rings is 2. The predicted molar refractivity (Wildman–Crippen MR) is 86.9 cm³/mol. The van der Waals surface area contributed by atoms with Crippen LogP contribution in [0.2, 0.25) is 0 Å². The molecule has 0 aliphatic carbocycles. The molecule has 108 valence electrons. The lowest BCUT2D eigenvalue weighted by Gasteiger charge is -2.07. The van der Waals surface area contributed by atoms with Gasteiger partial charge in [0.25, 0.3) is 10.1 Å². The Balaban J connectivity index is 2.01. The van der Waals surface area contributed by atoms with E-state index in [2.05, 4.69) is 18.2 Å². The Kier molecular flexibility index (Phi) is 3.80. The Morgan fingerprint density at radius 3 is 2.52 bits per heavy atom. The quantitative estimate of drug-likeness (QED) is 0.682. The van der Waals surface area contributed by atoms with Gasteiger partial charge in [-0.1, -0.05) is 42.5 Å². The van der Waals surface area contributed by atoms with Gasteiger partial charge in [-0.05, 0) is 28.6 Å². The van der Waals surface area contributed by atoms with E-state index in [1.807, 2.05) is 36.4 Å². The molecule has 0 amide bonds. The third-order valence-electron chi connectivity index (χ3n) is 3.14. The molecule has 0 aliphatic rings. The van der Waals surface area contributed by atoms with Crippen molar-refractivity contribution in [1.29, 1.82) is 0 Å². The highest BCUT2D eigenvalue weighted by molar-refractivity contribution is 7.85. The van der Waals surface area contributed by atoms with Crippen LogP contribution in [-0.2, 0) is 20.9 Å². The van der Waals surface area contributed by atoms with Crippen LogP contribution in [0.15, 0.2) is 54.6 Å². The molecule has 3 aromatic rings. The van der Waals surface area contributed by atoms with Gasteiger partial charge in [0.05, 0.1) is 12.9 Å². The monoisotopic (exact) mass is 318 g/mol. The first-order valence-electron chi connectivity index (χ1n) is 6.44. The van der Waals surface area contributed by atoms with Crippen molar-refractivity contribution in [2.75, 3.05) is 6.26 Å². The van der Waals surface area contributed by atoms with Crippen LogP contribution in [0.1, 0.15) is 5.56 Å². The minimum absolute atomic E-state index is 0.0588. The summed E-state index contributed by atoms with van der Waals surface area (Å²) in [7, 11) is -3.44. The number of rotatable bonds is 4. The van der Waals surface area contributed by atoms with Gasteiger partial charge in [-0.3, -0.25) is 4.18 Å². The molecule has 0 radical (unpaired) electrons. The Morgan fingerprint density at radius 2 is 1.76 bits per heavy atom. The van der Waals surface area contributed by atoms with Crippen molar-refractivity contribution in [1.82, 2.24) is 0 Å². The average molecular weight is 318 g/mol. The zero-order valence-corrected chi connectivity index (χ0v) is 13.1. The molecule has 1 heterocycles. The summed E-state index contributed by atoms with van der Waals surface area (Å²) in [5.74, 6) is 0. The summed E-state index contributed by atoms with van der Waals surface area (Å²) < 4.78 is 28.5. The topological polar surface area (TPSA) is 43.4 Å². The van der Waals surface area contributed by atoms with Crippen molar-refractivity contribution in [3.05, 3.63) is 60.2 Å². The van der Waals surface area contributed by atoms with Crippen LogP contribution in [0, 0.1) is 0 Å². The summed E-state index contributed by atoms with van der Waals surface area (Å²) in [4.78, 5) is 1.11. The molecule has 0 unspecified atom stereocenters. The normalized spacial score (nSPS) is 11.9. The Hall–Kier alpha value is -1.69. The first-order chi connectivity index (χ1) is 10.0. The third kappa shape index (κ3) is 3.32. The average Bonchev–Trinajstić information content (AvgIpc) is 2.88. The molecular weight excluding hydrogens is 304 g/mol. The van der Waals surface area contributed by atoms with E-state index in [0.717, 1.165) is 22.3 Å². The lowest BCUT2D eigenvalue weighted by atomic mass is 10.1. The molecule has 0 spiro atoms. The Labute approximate surface area is 127 Å². The van der Waals surface area contributed by atoms with E-state index in [1.165, 1.54) is 10.1 Å². The van der Waals surface area contributed by atoms with Gasteiger partial charge in [0.2, 0.25) is 0 Å². The zero-order chi connectivity index (χ0) is 14.9. The van der Waals surface area contributed by atoms with Crippen molar-refractivity contribution >= 4 is 31.5 Å². The van der Waals surface area contributed by atoms with Crippen LogP contribution in [0.4, 0.5) is 0 Å². The molecule has 0 atom stereocenters. The van der Waals surface area contributed by atoms with E-state index < -0.39 is 10.1 Å². The van der Waals surface area contributed by atoms with E-state index in [4.69, 9.17) is 4.18 Å². The fourth-order valence-corrected chi connectivity index (χ4v) is 3.64. The first kappa shape index (κ1) is 14.3. The maximum absolute atomic E-state index is 11.2. The summed E-state index contributed by atoms with van der Waals surface area (Å²) in [6.07, 6.45) is 1.06. The van der Waals surface area contributed by atoms with Crippen molar-refractivity contribution in [2.24, 2.45) is 0 Å². The second-order valence-electron chi connectivity index (χ2n) is 4.77. The SMILES string of the molecule is CS(=O)(=O)OCc1ccccc1-c1cc2ccccc2s1. The van der Waals surface area contributed by atoms with E-state index in [1.54, 1.807) is 11.3 Å². The van der Waals surface area contributed by atoms with Gasteiger partial charge in [-0.15, -0.1) is 11.3 Å². The standard InChI is InChI=1S/C16H14O3S2/c1-21(17,18)19-11-13-7-2-4-8-14(13)16-10-12-6-3-5-9-15(12)20-16/h2-10H,11H2,1H3. The summed E-state index contributed by atoms with van der Waals surface area (Å²) in [6.45, 7) is 0.0588. The van der Waals surface area contributed by atoms with Crippen molar-refractivity contribution < 1.29 is 12.6 Å². The van der Waals surface area contributed by atoms with Crippen LogP contribution < -0.4 is 0 Å². The molecule has 21 heavy (non-hydrogen) atoms. The van der Waals surface area contributed by atoms with E-state index in [0.29, 0.717) is 0 Å². The van der Waals surface area contributed by atoms with Crippen LogP contribution in [0.25, 0.3) is 20.5 Å². The molecule has 0 fully saturated rings. The van der Waals surface area contributed by atoms with Crippen molar-refractivity contribution in [3.8, 4) is 10.4 Å². The predicted octanol–water partition coefficient (Wildman–Crippen LogP) is 4.04. The van der Waals surface area contributed by atoms with Gasteiger partial charge in [0.1, 0.15) is 0 Å². The Bertz CT molecular complexity index is 846. The summed E-state index contributed by atoms with van der Waals surface area (Å²) in [5.41, 5.74) is 1.89. The molecule has 1 aromatic heterocycles. The number of hydrogen-bond acceptors (Lipinski definition) is 4. The van der Waals surface area contributed by atoms with Crippen molar-refractivity contribution in [2.45, 2.75) is 6.61 Å². The molecule has 0 saturated heterocycles. The minimum atomic E-state index is -3.44. The maximum atomic E-state index is 11.2. The van der Waals surface area contributed by atoms with E-state index in [-0.39, 0.29) is 6.61 Å². The molecule has 3 rings (SSSR count). The number of thiophene rings is 1.